The molecular weight excluding hydrogens is 579 g/mol. The van der Waals surface area contributed by atoms with Crippen molar-refractivity contribution in [3.63, 3.8) is 0 Å². The molecule has 1 N–H and O–H groups in total. The molecule has 0 fully saturated rings. The maximum absolute atomic E-state index is 4.85. The third-order valence-corrected chi connectivity index (χ3v) is 11.0. The molecule has 0 amide bonds. The smallest absolute Gasteiger partial charge is 0.0352 e. The third kappa shape index (κ3) is 12.7. The van der Waals surface area contributed by atoms with Crippen molar-refractivity contribution in [2.45, 2.75) is 147 Å². The Morgan fingerprint density at radius 2 is 1.60 bits per heavy atom. The molecule has 1 heteroatoms. The number of nitrogens with one attached hydrogen (secondary N) is 1. The summed E-state index contributed by atoms with van der Waals surface area (Å²) in [5.41, 5.74) is 12.9. The minimum Gasteiger partial charge on any atom is -0.387 e. The van der Waals surface area contributed by atoms with Gasteiger partial charge in [-0.3, -0.25) is 0 Å². The molecule has 1 aliphatic carbocycles. The molecule has 1 aromatic carbocycles. The van der Waals surface area contributed by atoms with Gasteiger partial charge in [0.15, 0.2) is 0 Å². The van der Waals surface area contributed by atoms with Crippen molar-refractivity contribution in [3.8, 4) is 0 Å². The number of benzene rings is 1. The fraction of sp³-hybridized carbons (Fsp3) is 0.617. The van der Waals surface area contributed by atoms with Crippen LogP contribution in [0.25, 0.3) is 11.1 Å². The predicted molar refractivity (Wildman–Crippen MR) is 218 cm³/mol. The fourth-order valence-corrected chi connectivity index (χ4v) is 8.68. The molecule has 0 saturated heterocycles. The Labute approximate surface area is 299 Å². The molecule has 3 unspecified atom stereocenters. The highest BCUT2D eigenvalue weighted by Gasteiger charge is 2.26. The molecule has 1 aliphatic rings. The molecule has 2 rings (SSSR count). The van der Waals surface area contributed by atoms with Crippen molar-refractivity contribution < 1.29 is 0 Å². The van der Waals surface area contributed by atoms with Crippen LogP contribution < -0.4 is 5.32 Å². The lowest BCUT2D eigenvalue weighted by molar-refractivity contribution is 0.353. The van der Waals surface area contributed by atoms with E-state index in [-0.39, 0.29) is 0 Å². The van der Waals surface area contributed by atoms with Crippen LogP contribution in [0.1, 0.15) is 154 Å². The first kappa shape index (κ1) is 41.6. The Kier molecular flexibility index (Phi) is 18.7. The molecule has 5 atom stereocenters. The first-order chi connectivity index (χ1) is 22.9. The Hall–Kier alpha value is -2.54. The van der Waals surface area contributed by atoms with Crippen LogP contribution in [0.4, 0.5) is 0 Å². The Balaban J connectivity index is 2.38. The monoisotopic (exact) mass is 654 g/mol. The zero-order valence-corrected chi connectivity index (χ0v) is 33.4. The molecule has 1 aromatic rings. The van der Waals surface area contributed by atoms with Gasteiger partial charge in [0.05, 0.1) is 0 Å². The highest BCUT2D eigenvalue weighted by atomic mass is 14.8. The zero-order chi connectivity index (χ0) is 35.8. The number of rotatable bonds is 22. The second kappa shape index (κ2) is 21.5. The Morgan fingerprint density at radius 1 is 0.917 bits per heavy atom. The standard InChI is InChI=1S/C47H75N/c1-14-20-43(23-18-21-34(7)32-48-27-15-2)39(12)46-37(10)30-38(11)47(40(46)13)45(17-4)44(29-35(8)28-33(5)6)24-19-22-42-26-25-41(16-3)31-36(42)9/h15,17,25-27,30-31,33,35-36,42-44,48H,7,12,14,16,18-24,28-29,32H2,1-6,8-11,13H3/b27-15-,45-17-/t35-,36-,42?,43?,44?/m1/s1. The second-order valence-electron chi connectivity index (χ2n) is 15.7. The molecule has 268 valence electrons. The van der Waals surface area contributed by atoms with Gasteiger partial charge < -0.3 is 5.32 Å². The van der Waals surface area contributed by atoms with E-state index in [0.29, 0.717) is 29.6 Å². The van der Waals surface area contributed by atoms with Crippen molar-refractivity contribution in [2.75, 3.05) is 6.54 Å². The molecule has 0 bridgehead atoms. The third-order valence-electron chi connectivity index (χ3n) is 11.0. The molecule has 48 heavy (non-hydrogen) atoms. The van der Waals surface area contributed by atoms with Gasteiger partial charge in [-0.1, -0.05) is 115 Å². The van der Waals surface area contributed by atoms with Gasteiger partial charge in [0.2, 0.25) is 0 Å². The van der Waals surface area contributed by atoms with Crippen molar-refractivity contribution >= 4 is 11.1 Å². The van der Waals surface area contributed by atoms with E-state index >= 15 is 0 Å². The Bertz CT molecular complexity index is 1280. The van der Waals surface area contributed by atoms with Crippen molar-refractivity contribution in [3.05, 3.63) is 94.8 Å². The average molecular weight is 654 g/mol. The van der Waals surface area contributed by atoms with Gasteiger partial charge in [-0.15, -0.1) is 0 Å². The second-order valence-corrected chi connectivity index (χ2v) is 15.7. The van der Waals surface area contributed by atoms with Crippen LogP contribution in [0.15, 0.2) is 67.0 Å². The van der Waals surface area contributed by atoms with Crippen LogP contribution in [0, 0.1) is 56.3 Å². The Morgan fingerprint density at radius 3 is 2.21 bits per heavy atom. The summed E-state index contributed by atoms with van der Waals surface area (Å²) < 4.78 is 0. The van der Waals surface area contributed by atoms with Crippen LogP contribution >= 0.6 is 0 Å². The molecule has 0 heterocycles. The summed E-state index contributed by atoms with van der Waals surface area (Å²) in [5.74, 6) is 3.83. The van der Waals surface area contributed by atoms with Gasteiger partial charge in [-0.2, -0.15) is 0 Å². The number of allylic oxidation sites excluding steroid dienone is 8. The predicted octanol–water partition coefficient (Wildman–Crippen LogP) is 14.3. The van der Waals surface area contributed by atoms with Gasteiger partial charge in [-0.05, 0) is 173 Å². The number of hydrogen-bond donors (Lipinski definition) is 1. The molecule has 0 radical (unpaired) electrons. The maximum atomic E-state index is 4.85. The summed E-state index contributed by atoms with van der Waals surface area (Å²) in [6.07, 6.45) is 27.2. The van der Waals surface area contributed by atoms with Crippen molar-refractivity contribution in [2.24, 2.45) is 35.5 Å². The molecule has 1 nitrogen and oxygen atoms in total. The lowest BCUT2D eigenvalue weighted by Crippen LogP contribution is -2.15. The minimum absolute atomic E-state index is 0.503. The van der Waals surface area contributed by atoms with Crippen LogP contribution in [-0.4, -0.2) is 6.54 Å². The lowest BCUT2D eigenvalue weighted by Gasteiger charge is -2.30. The molecule has 0 aromatic heterocycles. The van der Waals surface area contributed by atoms with E-state index in [0.717, 1.165) is 31.7 Å². The van der Waals surface area contributed by atoms with E-state index in [1.165, 1.54) is 95.9 Å². The molecule has 0 saturated carbocycles. The fourth-order valence-electron chi connectivity index (χ4n) is 8.68. The van der Waals surface area contributed by atoms with Crippen LogP contribution in [-0.2, 0) is 0 Å². The van der Waals surface area contributed by atoms with E-state index in [9.17, 15) is 0 Å². The van der Waals surface area contributed by atoms with Crippen LogP contribution in [0.2, 0.25) is 0 Å². The summed E-state index contributed by atoms with van der Waals surface area (Å²) in [6, 6.07) is 2.46. The van der Waals surface area contributed by atoms with Gasteiger partial charge in [0, 0.05) is 6.54 Å². The highest BCUT2D eigenvalue weighted by Crippen LogP contribution is 2.42. The van der Waals surface area contributed by atoms with Gasteiger partial charge >= 0.3 is 0 Å². The van der Waals surface area contributed by atoms with Crippen molar-refractivity contribution in [1.82, 2.24) is 5.32 Å². The van der Waals surface area contributed by atoms with E-state index in [1.54, 1.807) is 5.57 Å². The first-order valence-corrected chi connectivity index (χ1v) is 19.7. The van der Waals surface area contributed by atoms with Crippen LogP contribution in [0.3, 0.4) is 0 Å². The highest BCUT2D eigenvalue weighted by molar-refractivity contribution is 5.80. The van der Waals surface area contributed by atoms with Gasteiger partial charge in [0.25, 0.3) is 0 Å². The summed E-state index contributed by atoms with van der Waals surface area (Å²) in [4.78, 5) is 0. The topological polar surface area (TPSA) is 12.0 Å². The average Bonchev–Trinajstić information content (AvgIpc) is 3.02. The first-order valence-electron chi connectivity index (χ1n) is 19.7. The van der Waals surface area contributed by atoms with E-state index in [2.05, 4.69) is 112 Å². The van der Waals surface area contributed by atoms with E-state index in [4.69, 9.17) is 6.58 Å². The van der Waals surface area contributed by atoms with E-state index < -0.39 is 0 Å². The largest absolute Gasteiger partial charge is 0.387 e. The summed E-state index contributed by atoms with van der Waals surface area (Å²) in [7, 11) is 0. The summed E-state index contributed by atoms with van der Waals surface area (Å²) in [6.45, 7) is 35.7. The summed E-state index contributed by atoms with van der Waals surface area (Å²) >= 11 is 0. The summed E-state index contributed by atoms with van der Waals surface area (Å²) in [5, 5.41) is 3.35. The minimum atomic E-state index is 0.503. The molecule has 0 aliphatic heterocycles. The van der Waals surface area contributed by atoms with Gasteiger partial charge in [0.1, 0.15) is 0 Å². The number of hydrogen-bond acceptors (Lipinski definition) is 1. The lowest BCUT2D eigenvalue weighted by atomic mass is 9.74. The van der Waals surface area contributed by atoms with Crippen LogP contribution in [0.5, 0.6) is 0 Å². The molecule has 0 spiro atoms. The quantitative estimate of drug-likeness (QED) is 0.123. The SMILES string of the molecule is C=C(CCCC(CCC)C(=C)c1c(C)cc(C)c(/C(=C\C)C(CCCC2C=CC(CC)=C[C@H]2C)C[C@H](C)CC(C)C)c1C)CN/C=C\C. The number of aryl methyl sites for hydroxylation is 2. The van der Waals surface area contributed by atoms with Gasteiger partial charge in [-0.25, -0.2) is 0 Å². The zero-order valence-electron chi connectivity index (χ0n) is 33.4. The van der Waals surface area contributed by atoms with Crippen molar-refractivity contribution in [1.29, 1.82) is 0 Å². The molecular formula is C47H75N. The van der Waals surface area contributed by atoms with E-state index in [1.807, 2.05) is 19.2 Å². The normalized spacial score (nSPS) is 18.7. The maximum Gasteiger partial charge on any atom is 0.0352 e.